The van der Waals surface area contributed by atoms with Crippen LogP contribution in [-0.4, -0.2) is 18.7 Å². The van der Waals surface area contributed by atoms with E-state index in [9.17, 15) is 4.79 Å². The molecule has 2 rings (SSSR count). The summed E-state index contributed by atoms with van der Waals surface area (Å²) in [4.78, 5) is 11.6. The van der Waals surface area contributed by atoms with E-state index in [1.165, 1.54) is 6.08 Å². The Labute approximate surface area is 107 Å². The normalized spacial score (nSPS) is 14.8. The van der Waals surface area contributed by atoms with Crippen molar-refractivity contribution in [1.82, 2.24) is 5.32 Å². The summed E-state index contributed by atoms with van der Waals surface area (Å²) in [5.41, 5.74) is 0.915. The number of amides is 1. The number of carbonyl (C=O) groups excluding carboxylic acids is 1. The van der Waals surface area contributed by atoms with Gasteiger partial charge >= 0.3 is 0 Å². The van der Waals surface area contributed by atoms with E-state index in [0.717, 1.165) is 23.5 Å². The number of ether oxygens (including phenoxy) is 2. The molecular formula is C14H17NO3. The number of carbonyl (C=O) groups is 1. The Morgan fingerprint density at radius 3 is 3.00 bits per heavy atom. The second kappa shape index (κ2) is 5.58. The Morgan fingerprint density at radius 1 is 1.44 bits per heavy atom. The Kier molecular flexibility index (Phi) is 3.87. The molecule has 1 aromatic carbocycles. The van der Waals surface area contributed by atoms with E-state index in [0.29, 0.717) is 0 Å². The Hall–Kier alpha value is -1.97. The maximum Gasteiger partial charge on any atom is 0.244 e. The van der Waals surface area contributed by atoms with Crippen LogP contribution < -0.4 is 14.8 Å². The number of fused-ring (bicyclic) bond motifs is 1. The van der Waals surface area contributed by atoms with Crippen LogP contribution >= 0.6 is 0 Å². The number of rotatable bonds is 4. The van der Waals surface area contributed by atoms with Crippen molar-refractivity contribution in [3.05, 3.63) is 29.8 Å². The summed E-state index contributed by atoms with van der Waals surface area (Å²) >= 11 is 0. The Balaban J connectivity index is 1.98. The maximum absolute atomic E-state index is 11.6. The lowest BCUT2D eigenvalue weighted by Gasteiger charge is -2.08. The molecule has 0 saturated carbocycles. The molecule has 0 spiro atoms. The number of benzene rings is 1. The third-order valence-electron chi connectivity index (χ3n) is 2.82. The Morgan fingerprint density at radius 2 is 2.22 bits per heavy atom. The van der Waals surface area contributed by atoms with Crippen LogP contribution in [0.4, 0.5) is 0 Å². The van der Waals surface area contributed by atoms with Gasteiger partial charge in [0, 0.05) is 12.1 Å². The van der Waals surface area contributed by atoms with E-state index in [1.54, 1.807) is 6.08 Å². The van der Waals surface area contributed by atoms with Crippen LogP contribution in [0.1, 0.15) is 25.8 Å². The van der Waals surface area contributed by atoms with Gasteiger partial charge in [-0.2, -0.15) is 0 Å². The first kappa shape index (κ1) is 12.5. The van der Waals surface area contributed by atoms with Gasteiger partial charge in [0.05, 0.1) is 0 Å². The average molecular weight is 247 g/mol. The molecule has 1 N–H and O–H groups in total. The van der Waals surface area contributed by atoms with Crippen molar-refractivity contribution in [2.24, 2.45) is 0 Å². The smallest absolute Gasteiger partial charge is 0.244 e. The molecule has 1 aliphatic heterocycles. The summed E-state index contributed by atoms with van der Waals surface area (Å²) in [7, 11) is 0. The molecule has 0 aromatic heterocycles. The fraction of sp³-hybridized carbons (Fsp3) is 0.357. The molecule has 1 heterocycles. The predicted octanol–water partition coefficient (Wildman–Crippen LogP) is 2.34. The summed E-state index contributed by atoms with van der Waals surface area (Å²) in [5.74, 6) is 1.39. The molecule has 0 unspecified atom stereocenters. The number of hydrogen-bond donors (Lipinski definition) is 1. The lowest BCUT2D eigenvalue weighted by molar-refractivity contribution is -0.117. The van der Waals surface area contributed by atoms with Gasteiger partial charge in [-0.05, 0) is 37.1 Å². The molecule has 96 valence electrons. The zero-order valence-corrected chi connectivity index (χ0v) is 10.6. The molecule has 0 aliphatic carbocycles. The van der Waals surface area contributed by atoms with Gasteiger partial charge in [0.1, 0.15) is 0 Å². The van der Waals surface area contributed by atoms with Crippen molar-refractivity contribution in [2.75, 3.05) is 6.79 Å². The van der Waals surface area contributed by atoms with Crippen molar-refractivity contribution in [3.8, 4) is 11.5 Å². The van der Waals surface area contributed by atoms with Gasteiger partial charge in [-0.15, -0.1) is 0 Å². The highest BCUT2D eigenvalue weighted by molar-refractivity contribution is 5.91. The van der Waals surface area contributed by atoms with E-state index in [1.807, 2.05) is 32.0 Å². The molecule has 1 aromatic rings. The molecule has 4 nitrogen and oxygen atoms in total. The summed E-state index contributed by atoms with van der Waals surface area (Å²) in [6.45, 7) is 4.27. The van der Waals surface area contributed by atoms with Gasteiger partial charge in [0.2, 0.25) is 12.7 Å². The van der Waals surface area contributed by atoms with Crippen molar-refractivity contribution in [1.29, 1.82) is 0 Å². The van der Waals surface area contributed by atoms with Gasteiger partial charge in [-0.1, -0.05) is 13.0 Å². The fourth-order valence-corrected chi connectivity index (χ4v) is 1.58. The van der Waals surface area contributed by atoms with Crippen LogP contribution in [-0.2, 0) is 4.79 Å². The highest BCUT2D eigenvalue weighted by Crippen LogP contribution is 2.32. The van der Waals surface area contributed by atoms with Crippen LogP contribution in [0.2, 0.25) is 0 Å². The lowest BCUT2D eigenvalue weighted by atomic mass is 10.2. The van der Waals surface area contributed by atoms with Crippen molar-refractivity contribution in [3.63, 3.8) is 0 Å². The van der Waals surface area contributed by atoms with E-state index in [2.05, 4.69) is 5.32 Å². The third-order valence-corrected chi connectivity index (χ3v) is 2.82. The molecule has 4 heteroatoms. The number of nitrogens with one attached hydrogen (secondary N) is 1. The van der Waals surface area contributed by atoms with Gasteiger partial charge in [-0.25, -0.2) is 0 Å². The van der Waals surface area contributed by atoms with Crippen LogP contribution in [0.5, 0.6) is 11.5 Å². The zero-order valence-electron chi connectivity index (χ0n) is 10.6. The summed E-state index contributed by atoms with van der Waals surface area (Å²) < 4.78 is 10.5. The maximum atomic E-state index is 11.6. The largest absolute Gasteiger partial charge is 0.454 e. The Bertz CT molecular complexity index is 468. The quantitative estimate of drug-likeness (QED) is 0.831. The highest BCUT2D eigenvalue weighted by Gasteiger charge is 2.12. The van der Waals surface area contributed by atoms with Crippen LogP contribution in [0.25, 0.3) is 6.08 Å². The standard InChI is InChI=1S/C14H17NO3/c1-3-10(2)15-14(16)7-5-11-4-6-12-13(8-11)18-9-17-12/h4-8,10H,3,9H2,1-2H3,(H,15,16)/b7-5-/t10-/m0/s1. The molecule has 1 aliphatic rings. The molecule has 1 atom stereocenters. The molecule has 0 saturated heterocycles. The SMILES string of the molecule is CC[C@H](C)NC(=O)/C=C\c1ccc2c(c1)OCO2. The first-order valence-electron chi connectivity index (χ1n) is 6.07. The topological polar surface area (TPSA) is 47.6 Å². The van der Waals surface area contributed by atoms with E-state index in [-0.39, 0.29) is 18.7 Å². The lowest BCUT2D eigenvalue weighted by Crippen LogP contribution is -2.30. The summed E-state index contributed by atoms with van der Waals surface area (Å²) in [5, 5.41) is 2.87. The molecular weight excluding hydrogens is 230 g/mol. The average Bonchev–Trinajstić information content (AvgIpc) is 2.83. The fourth-order valence-electron chi connectivity index (χ4n) is 1.58. The summed E-state index contributed by atoms with van der Waals surface area (Å²) in [6, 6.07) is 5.78. The minimum absolute atomic E-state index is 0.0815. The molecule has 1 amide bonds. The minimum atomic E-state index is -0.0815. The van der Waals surface area contributed by atoms with Crippen molar-refractivity contribution >= 4 is 12.0 Å². The number of hydrogen-bond acceptors (Lipinski definition) is 3. The zero-order chi connectivity index (χ0) is 13.0. The second-order valence-corrected chi connectivity index (χ2v) is 4.26. The second-order valence-electron chi connectivity index (χ2n) is 4.26. The summed E-state index contributed by atoms with van der Waals surface area (Å²) in [6.07, 6.45) is 4.22. The van der Waals surface area contributed by atoms with Gasteiger partial charge < -0.3 is 14.8 Å². The highest BCUT2D eigenvalue weighted by atomic mass is 16.7. The molecule has 0 bridgehead atoms. The van der Waals surface area contributed by atoms with Crippen LogP contribution in [0, 0.1) is 0 Å². The van der Waals surface area contributed by atoms with Crippen LogP contribution in [0.15, 0.2) is 24.3 Å². The van der Waals surface area contributed by atoms with Gasteiger partial charge in [-0.3, -0.25) is 4.79 Å². The molecule has 18 heavy (non-hydrogen) atoms. The van der Waals surface area contributed by atoms with Gasteiger partial charge in [0.15, 0.2) is 11.5 Å². The third kappa shape index (κ3) is 3.03. The van der Waals surface area contributed by atoms with E-state index in [4.69, 9.17) is 9.47 Å². The van der Waals surface area contributed by atoms with Gasteiger partial charge in [0.25, 0.3) is 0 Å². The molecule has 0 fully saturated rings. The predicted molar refractivity (Wildman–Crippen MR) is 69.5 cm³/mol. The van der Waals surface area contributed by atoms with E-state index < -0.39 is 0 Å². The first-order chi connectivity index (χ1) is 8.69. The first-order valence-corrected chi connectivity index (χ1v) is 6.07. The monoisotopic (exact) mass is 247 g/mol. The van der Waals surface area contributed by atoms with Crippen molar-refractivity contribution < 1.29 is 14.3 Å². The molecule has 0 radical (unpaired) electrons. The minimum Gasteiger partial charge on any atom is -0.454 e. The van der Waals surface area contributed by atoms with Crippen LogP contribution in [0.3, 0.4) is 0 Å². The van der Waals surface area contributed by atoms with E-state index >= 15 is 0 Å². The van der Waals surface area contributed by atoms with Crippen molar-refractivity contribution in [2.45, 2.75) is 26.3 Å².